The number of carbonyl (C=O) groups excluding carboxylic acids is 2. The summed E-state index contributed by atoms with van der Waals surface area (Å²) in [7, 11) is 0. The first-order valence-electron chi connectivity index (χ1n) is 7.72. The molecule has 0 saturated carbocycles. The highest BCUT2D eigenvalue weighted by Crippen LogP contribution is 2.38. The van der Waals surface area contributed by atoms with Crippen LogP contribution in [0.15, 0.2) is 42.5 Å². The summed E-state index contributed by atoms with van der Waals surface area (Å²) in [6.45, 7) is 5.23. The molecule has 2 nitrogen and oxygen atoms in total. The molecule has 0 N–H and O–H groups in total. The average Bonchev–Trinajstić information content (AvgIpc) is 2.53. The van der Waals surface area contributed by atoms with E-state index in [-0.39, 0.29) is 11.6 Å². The van der Waals surface area contributed by atoms with Gasteiger partial charge in [0.2, 0.25) is 0 Å². The van der Waals surface area contributed by atoms with Gasteiger partial charge in [0.25, 0.3) is 0 Å². The van der Waals surface area contributed by atoms with Crippen LogP contribution in [-0.4, -0.2) is 11.6 Å². The second-order valence-corrected chi connectivity index (χ2v) is 6.21. The van der Waals surface area contributed by atoms with Crippen molar-refractivity contribution in [2.45, 2.75) is 20.8 Å². The van der Waals surface area contributed by atoms with Crippen molar-refractivity contribution >= 4 is 43.9 Å². The molecule has 0 aliphatic heterocycles. The number of ketones is 2. The van der Waals surface area contributed by atoms with Gasteiger partial charge in [-0.25, -0.2) is 0 Å². The third-order valence-corrected chi connectivity index (χ3v) is 4.75. The Balaban J connectivity index is 2.36. The van der Waals surface area contributed by atoms with E-state index in [1.54, 1.807) is 13.8 Å². The van der Waals surface area contributed by atoms with E-state index in [1.165, 1.54) is 0 Å². The van der Waals surface area contributed by atoms with E-state index >= 15 is 0 Å². The Labute approximate surface area is 134 Å². The maximum atomic E-state index is 12.1. The summed E-state index contributed by atoms with van der Waals surface area (Å²) in [5, 5.41) is 6.35. The van der Waals surface area contributed by atoms with Crippen molar-refractivity contribution in [3.63, 3.8) is 0 Å². The van der Waals surface area contributed by atoms with E-state index in [9.17, 15) is 9.59 Å². The summed E-state index contributed by atoms with van der Waals surface area (Å²) in [4.78, 5) is 24.0. The molecule has 112 valence electrons. The van der Waals surface area contributed by atoms with Crippen LogP contribution in [0, 0.1) is 6.92 Å². The molecule has 0 bridgehead atoms. The van der Waals surface area contributed by atoms with Crippen molar-refractivity contribution in [1.82, 2.24) is 0 Å². The van der Waals surface area contributed by atoms with Crippen LogP contribution in [0.5, 0.6) is 0 Å². The topological polar surface area (TPSA) is 34.1 Å². The Hall–Kier alpha value is -2.74. The summed E-state index contributed by atoms with van der Waals surface area (Å²) in [6, 6.07) is 14.0. The Bertz CT molecular complexity index is 1120. The molecule has 0 unspecified atom stereocenters. The first-order valence-corrected chi connectivity index (χ1v) is 7.72. The highest BCUT2D eigenvalue weighted by Gasteiger charge is 2.17. The van der Waals surface area contributed by atoms with E-state index < -0.39 is 0 Å². The molecule has 0 amide bonds. The van der Waals surface area contributed by atoms with E-state index in [4.69, 9.17) is 0 Å². The van der Waals surface area contributed by atoms with Crippen LogP contribution < -0.4 is 0 Å². The molecule has 0 fully saturated rings. The quantitative estimate of drug-likeness (QED) is 0.372. The largest absolute Gasteiger partial charge is 0.294 e. The summed E-state index contributed by atoms with van der Waals surface area (Å²) in [5.74, 6) is 0.129. The van der Waals surface area contributed by atoms with Gasteiger partial charge in [-0.2, -0.15) is 0 Å². The first kappa shape index (κ1) is 13.9. The minimum atomic E-state index is 0.0615. The summed E-state index contributed by atoms with van der Waals surface area (Å²) >= 11 is 0. The smallest absolute Gasteiger partial charge is 0.160 e. The van der Waals surface area contributed by atoms with Gasteiger partial charge >= 0.3 is 0 Å². The van der Waals surface area contributed by atoms with Gasteiger partial charge in [0.15, 0.2) is 11.6 Å². The third-order valence-electron chi connectivity index (χ3n) is 4.75. The molecule has 0 aliphatic carbocycles. The van der Waals surface area contributed by atoms with Gasteiger partial charge < -0.3 is 0 Å². The standard InChI is InChI=1S/C21H16O2/c1-11-10-19(13(3)23)18-7-5-14-4-6-16(12(2)22)17-9-8-15(11)21(18)20(14)17/h4-10H,1-3H3. The minimum absolute atomic E-state index is 0.0615. The lowest BCUT2D eigenvalue weighted by Gasteiger charge is -2.16. The Kier molecular flexibility index (Phi) is 2.79. The van der Waals surface area contributed by atoms with Crippen LogP contribution in [0.1, 0.15) is 40.1 Å². The number of carbonyl (C=O) groups is 2. The zero-order valence-electron chi connectivity index (χ0n) is 13.4. The van der Waals surface area contributed by atoms with E-state index in [2.05, 4.69) is 6.07 Å². The molecule has 0 spiro atoms. The van der Waals surface area contributed by atoms with Crippen molar-refractivity contribution in [2.24, 2.45) is 0 Å². The van der Waals surface area contributed by atoms with Crippen LogP contribution in [0.4, 0.5) is 0 Å². The number of rotatable bonds is 2. The van der Waals surface area contributed by atoms with Crippen LogP contribution in [-0.2, 0) is 0 Å². The number of benzene rings is 4. The Morgan fingerprint density at radius 3 is 1.96 bits per heavy atom. The molecular weight excluding hydrogens is 284 g/mol. The zero-order valence-corrected chi connectivity index (χ0v) is 13.4. The van der Waals surface area contributed by atoms with Crippen molar-refractivity contribution in [1.29, 1.82) is 0 Å². The fourth-order valence-corrected chi connectivity index (χ4v) is 3.67. The zero-order chi connectivity index (χ0) is 16.3. The van der Waals surface area contributed by atoms with Crippen molar-refractivity contribution in [3.8, 4) is 0 Å². The van der Waals surface area contributed by atoms with Gasteiger partial charge in [-0.3, -0.25) is 9.59 Å². The average molecular weight is 300 g/mol. The number of aryl methyl sites for hydroxylation is 1. The molecular formula is C21H16O2. The Morgan fingerprint density at radius 2 is 1.26 bits per heavy atom. The van der Waals surface area contributed by atoms with Crippen LogP contribution in [0.25, 0.3) is 32.3 Å². The molecule has 0 atom stereocenters. The maximum absolute atomic E-state index is 12.1. The highest BCUT2D eigenvalue weighted by molar-refractivity contribution is 6.29. The second-order valence-electron chi connectivity index (χ2n) is 6.21. The van der Waals surface area contributed by atoms with Gasteiger partial charge in [0, 0.05) is 11.1 Å². The fraction of sp³-hybridized carbons (Fsp3) is 0.143. The molecule has 0 aliphatic rings. The van der Waals surface area contributed by atoms with Gasteiger partial charge in [0.1, 0.15) is 0 Å². The van der Waals surface area contributed by atoms with E-state index in [0.29, 0.717) is 0 Å². The van der Waals surface area contributed by atoms with Gasteiger partial charge in [-0.05, 0) is 64.7 Å². The number of hydrogen-bond donors (Lipinski definition) is 0. The lowest BCUT2D eigenvalue weighted by molar-refractivity contribution is 0.101. The van der Waals surface area contributed by atoms with Crippen LogP contribution in [0.2, 0.25) is 0 Å². The second kappa shape index (κ2) is 4.63. The molecule has 0 heterocycles. The number of Topliss-reactive ketones (excluding diaryl/α,β-unsaturated/α-hetero) is 2. The molecule has 2 heteroatoms. The predicted octanol–water partition coefficient (Wildman–Crippen LogP) is 5.30. The summed E-state index contributed by atoms with van der Waals surface area (Å²) in [5.41, 5.74) is 2.57. The predicted molar refractivity (Wildman–Crippen MR) is 94.9 cm³/mol. The van der Waals surface area contributed by atoms with Crippen LogP contribution in [0.3, 0.4) is 0 Å². The van der Waals surface area contributed by atoms with Crippen LogP contribution >= 0.6 is 0 Å². The molecule has 0 aromatic heterocycles. The Morgan fingerprint density at radius 1 is 0.696 bits per heavy atom. The molecule has 0 saturated heterocycles. The summed E-state index contributed by atoms with van der Waals surface area (Å²) in [6.07, 6.45) is 0. The van der Waals surface area contributed by atoms with E-state index in [0.717, 1.165) is 49.0 Å². The lowest BCUT2D eigenvalue weighted by atomic mass is 9.87. The number of hydrogen-bond acceptors (Lipinski definition) is 2. The molecule has 0 radical (unpaired) electrons. The van der Waals surface area contributed by atoms with Gasteiger partial charge in [-0.15, -0.1) is 0 Å². The first-order chi connectivity index (χ1) is 11.0. The molecule has 4 aromatic carbocycles. The minimum Gasteiger partial charge on any atom is -0.294 e. The SMILES string of the molecule is CC(=O)c1ccc2ccc3c(C(C)=O)cc(C)c4ccc1c2c43. The molecule has 23 heavy (non-hydrogen) atoms. The fourth-order valence-electron chi connectivity index (χ4n) is 3.67. The van der Waals surface area contributed by atoms with E-state index in [1.807, 2.05) is 43.3 Å². The summed E-state index contributed by atoms with van der Waals surface area (Å²) < 4.78 is 0. The van der Waals surface area contributed by atoms with Gasteiger partial charge in [-0.1, -0.05) is 36.4 Å². The highest BCUT2D eigenvalue weighted by atomic mass is 16.1. The maximum Gasteiger partial charge on any atom is 0.160 e. The van der Waals surface area contributed by atoms with Gasteiger partial charge in [0.05, 0.1) is 0 Å². The van der Waals surface area contributed by atoms with Crippen molar-refractivity contribution in [3.05, 3.63) is 59.2 Å². The normalized spacial score (nSPS) is 11.6. The lowest BCUT2D eigenvalue weighted by Crippen LogP contribution is -1.99. The third kappa shape index (κ3) is 1.81. The van der Waals surface area contributed by atoms with Crippen molar-refractivity contribution < 1.29 is 9.59 Å². The molecule has 4 rings (SSSR count). The monoisotopic (exact) mass is 300 g/mol. The van der Waals surface area contributed by atoms with Crippen molar-refractivity contribution in [2.75, 3.05) is 0 Å². The molecule has 4 aromatic rings.